The fourth-order valence-corrected chi connectivity index (χ4v) is 2.52. The normalized spacial score (nSPS) is 11.1. The van der Waals surface area contributed by atoms with E-state index in [4.69, 9.17) is 5.26 Å². The maximum atomic E-state index is 9.04. The Labute approximate surface area is 118 Å². The van der Waals surface area contributed by atoms with Crippen molar-refractivity contribution in [3.63, 3.8) is 0 Å². The van der Waals surface area contributed by atoms with Gasteiger partial charge in [-0.25, -0.2) is 4.98 Å². The van der Waals surface area contributed by atoms with Crippen LogP contribution in [-0.2, 0) is 5.41 Å². The predicted molar refractivity (Wildman–Crippen MR) is 78.2 cm³/mol. The summed E-state index contributed by atoms with van der Waals surface area (Å²) < 4.78 is 0. The molecule has 0 fully saturated rings. The van der Waals surface area contributed by atoms with Gasteiger partial charge in [-0.3, -0.25) is 0 Å². The van der Waals surface area contributed by atoms with Crippen molar-refractivity contribution in [2.24, 2.45) is 0 Å². The van der Waals surface area contributed by atoms with Crippen LogP contribution >= 0.6 is 11.8 Å². The zero-order chi connectivity index (χ0) is 13.9. The summed E-state index contributed by atoms with van der Waals surface area (Å²) in [7, 11) is 0. The van der Waals surface area contributed by atoms with Crippen LogP contribution in [0.25, 0.3) is 0 Å². The van der Waals surface area contributed by atoms with Gasteiger partial charge in [0.25, 0.3) is 0 Å². The zero-order valence-corrected chi connectivity index (χ0v) is 12.2. The van der Waals surface area contributed by atoms with Gasteiger partial charge >= 0.3 is 0 Å². The molecule has 0 aliphatic rings. The first-order valence-electron chi connectivity index (χ1n) is 6.14. The van der Waals surface area contributed by atoms with Crippen LogP contribution < -0.4 is 0 Å². The molecule has 0 aliphatic carbocycles. The minimum Gasteiger partial charge on any atom is -0.248 e. The molecule has 2 aromatic rings. The van der Waals surface area contributed by atoms with Gasteiger partial charge in [-0.1, -0.05) is 44.7 Å². The Bertz CT molecular complexity index is 604. The summed E-state index contributed by atoms with van der Waals surface area (Å²) in [6.07, 6.45) is 1.71. The molecule has 0 spiro atoms. The Hall–Kier alpha value is -1.79. The zero-order valence-electron chi connectivity index (χ0n) is 11.3. The van der Waals surface area contributed by atoms with Gasteiger partial charge in [0.1, 0.15) is 11.1 Å². The first-order valence-corrected chi connectivity index (χ1v) is 6.96. The largest absolute Gasteiger partial charge is 0.248 e. The van der Waals surface area contributed by atoms with Crippen molar-refractivity contribution >= 4 is 11.8 Å². The highest BCUT2D eigenvalue weighted by Crippen LogP contribution is 2.30. The number of pyridine rings is 1. The van der Waals surface area contributed by atoms with E-state index in [1.165, 1.54) is 17.3 Å². The van der Waals surface area contributed by atoms with Crippen molar-refractivity contribution in [3.05, 3.63) is 53.7 Å². The molecule has 0 amide bonds. The Morgan fingerprint density at radius 2 is 1.79 bits per heavy atom. The second kappa shape index (κ2) is 5.46. The molecule has 2 rings (SSSR count). The van der Waals surface area contributed by atoms with Crippen LogP contribution in [0.2, 0.25) is 0 Å². The monoisotopic (exact) mass is 268 g/mol. The molecule has 0 N–H and O–H groups in total. The molecule has 0 aliphatic heterocycles. The molecule has 1 heterocycles. The van der Waals surface area contributed by atoms with Crippen LogP contribution in [0.1, 0.15) is 31.9 Å². The summed E-state index contributed by atoms with van der Waals surface area (Å²) in [6.45, 7) is 6.59. The summed E-state index contributed by atoms with van der Waals surface area (Å²) in [5, 5.41) is 9.80. The van der Waals surface area contributed by atoms with Crippen LogP contribution in [0, 0.1) is 11.3 Å². The summed E-state index contributed by atoms with van der Waals surface area (Å²) in [6, 6.07) is 14.2. The summed E-state index contributed by atoms with van der Waals surface area (Å²) >= 11 is 1.52. The number of aromatic nitrogens is 1. The van der Waals surface area contributed by atoms with Crippen molar-refractivity contribution in [1.29, 1.82) is 5.26 Å². The molecular weight excluding hydrogens is 252 g/mol. The summed E-state index contributed by atoms with van der Waals surface area (Å²) in [5.74, 6) is 0. The highest BCUT2D eigenvalue weighted by Gasteiger charge is 2.13. The molecule has 0 saturated carbocycles. The first kappa shape index (κ1) is 13.6. The minimum absolute atomic E-state index is 0.159. The van der Waals surface area contributed by atoms with Gasteiger partial charge in [-0.15, -0.1) is 0 Å². The van der Waals surface area contributed by atoms with E-state index in [0.29, 0.717) is 5.56 Å². The second-order valence-corrected chi connectivity index (χ2v) is 6.41. The van der Waals surface area contributed by atoms with Gasteiger partial charge in [0, 0.05) is 11.1 Å². The summed E-state index contributed by atoms with van der Waals surface area (Å²) in [5.41, 5.74) is 2.08. The van der Waals surface area contributed by atoms with E-state index in [9.17, 15) is 0 Å². The minimum atomic E-state index is 0.159. The number of hydrogen-bond donors (Lipinski definition) is 0. The Morgan fingerprint density at radius 3 is 2.37 bits per heavy atom. The second-order valence-electron chi connectivity index (χ2n) is 5.34. The van der Waals surface area contributed by atoms with Crippen LogP contribution in [0.15, 0.2) is 52.5 Å². The van der Waals surface area contributed by atoms with Crippen LogP contribution in [-0.4, -0.2) is 4.98 Å². The fraction of sp³-hybridized carbons (Fsp3) is 0.250. The number of nitrogens with zero attached hydrogens (tertiary/aromatic N) is 2. The average Bonchev–Trinajstić information content (AvgIpc) is 2.39. The van der Waals surface area contributed by atoms with E-state index in [2.05, 4.69) is 56.1 Å². The van der Waals surface area contributed by atoms with Crippen molar-refractivity contribution < 1.29 is 0 Å². The molecule has 1 aromatic carbocycles. The molecule has 0 bridgehead atoms. The van der Waals surface area contributed by atoms with E-state index in [1.807, 2.05) is 0 Å². The summed E-state index contributed by atoms with van der Waals surface area (Å²) in [4.78, 5) is 5.36. The molecular formula is C16H16N2S. The lowest BCUT2D eigenvalue weighted by atomic mass is 9.87. The van der Waals surface area contributed by atoms with E-state index in [0.717, 1.165) is 9.92 Å². The predicted octanol–water partition coefficient (Wildman–Crippen LogP) is 4.40. The molecule has 0 radical (unpaired) electrons. The third-order valence-corrected chi connectivity index (χ3v) is 3.85. The SMILES string of the molecule is CC(C)(C)c1ccc(Sc2ncccc2C#N)cc1. The first-order chi connectivity index (χ1) is 9.00. The van der Waals surface area contributed by atoms with Crippen LogP contribution in [0.5, 0.6) is 0 Å². The average molecular weight is 268 g/mol. The lowest BCUT2D eigenvalue weighted by Gasteiger charge is -2.19. The highest BCUT2D eigenvalue weighted by molar-refractivity contribution is 7.99. The number of benzene rings is 1. The van der Waals surface area contributed by atoms with Crippen molar-refractivity contribution in [1.82, 2.24) is 4.98 Å². The Balaban J connectivity index is 2.23. The molecule has 3 heteroatoms. The third-order valence-electron chi connectivity index (χ3n) is 2.83. The highest BCUT2D eigenvalue weighted by atomic mass is 32.2. The van der Waals surface area contributed by atoms with Gasteiger partial charge in [-0.2, -0.15) is 5.26 Å². The number of hydrogen-bond acceptors (Lipinski definition) is 3. The maximum Gasteiger partial charge on any atom is 0.119 e. The van der Waals surface area contributed by atoms with Gasteiger partial charge in [0.15, 0.2) is 0 Å². The van der Waals surface area contributed by atoms with E-state index < -0.39 is 0 Å². The topological polar surface area (TPSA) is 36.7 Å². The molecule has 0 saturated heterocycles. The van der Waals surface area contributed by atoms with Gasteiger partial charge in [0.05, 0.1) is 5.56 Å². The van der Waals surface area contributed by atoms with E-state index in [-0.39, 0.29) is 5.41 Å². The number of rotatable bonds is 2. The van der Waals surface area contributed by atoms with Crippen LogP contribution in [0.3, 0.4) is 0 Å². The van der Waals surface area contributed by atoms with Crippen molar-refractivity contribution in [3.8, 4) is 6.07 Å². The van der Waals surface area contributed by atoms with Gasteiger partial charge in [0.2, 0.25) is 0 Å². The smallest absolute Gasteiger partial charge is 0.119 e. The van der Waals surface area contributed by atoms with E-state index >= 15 is 0 Å². The molecule has 1 aromatic heterocycles. The number of nitriles is 1. The Morgan fingerprint density at radius 1 is 1.11 bits per heavy atom. The standard InChI is InChI=1S/C16H16N2S/c1-16(2,3)13-6-8-14(9-7-13)19-15-12(11-17)5-4-10-18-15/h4-10H,1-3H3. The third kappa shape index (κ3) is 3.36. The Kier molecular flexibility index (Phi) is 3.92. The van der Waals surface area contributed by atoms with Crippen LogP contribution in [0.4, 0.5) is 0 Å². The lowest BCUT2D eigenvalue weighted by Crippen LogP contribution is -2.10. The van der Waals surface area contributed by atoms with Crippen molar-refractivity contribution in [2.45, 2.75) is 36.1 Å². The van der Waals surface area contributed by atoms with Crippen molar-refractivity contribution in [2.75, 3.05) is 0 Å². The fourth-order valence-electron chi connectivity index (χ4n) is 1.69. The molecule has 0 atom stereocenters. The molecule has 2 nitrogen and oxygen atoms in total. The molecule has 96 valence electrons. The molecule has 19 heavy (non-hydrogen) atoms. The van der Waals surface area contributed by atoms with E-state index in [1.54, 1.807) is 18.3 Å². The quantitative estimate of drug-likeness (QED) is 0.810. The lowest BCUT2D eigenvalue weighted by molar-refractivity contribution is 0.590. The van der Waals surface area contributed by atoms with Gasteiger partial charge < -0.3 is 0 Å². The molecule has 0 unspecified atom stereocenters. The maximum absolute atomic E-state index is 9.04. The van der Waals surface area contributed by atoms with Gasteiger partial charge in [-0.05, 0) is 35.2 Å².